The number of rotatable bonds is 3. The van der Waals surface area contributed by atoms with E-state index in [1.165, 1.54) is 18.3 Å². The monoisotopic (exact) mass is 450 g/mol. The molecule has 0 aliphatic carbocycles. The molecule has 22 heavy (non-hydrogen) atoms. The molecular formula is C14H9ClFIN2O2S. The second-order valence-corrected chi connectivity index (χ2v) is 7.91. The average Bonchev–Trinajstić information content (AvgIpc) is 2.85. The summed E-state index contributed by atoms with van der Waals surface area (Å²) < 4.78 is 41.7. The first kappa shape index (κ1) is 15.6. The normalized spacial score (nSPS) is 11.8. The van der Waals surface area contributed by atoms with Gasteiger partial charge in [0.15, 0.2) is 0 Å². The maximum absolute atomic E-state index is 13.8. The first-order chi connectivity index (χ1) is 10.4. The summed E-state index contributed by atoms with van der Waals surface area (Å²) in [5, 5.41) is 0.984. The van der Waals surface area contributed by atoms with Crippen LogP contribution in [0.3, 0.4) is 0 Å². The lowest BCUT2D eigenvalue weighted by molar-refractivity contribution is 0.599. The summed E-state index contributed by atoms with van der Waals surface area (Å²) in [5.74, 6) is -0.627. The highest BCUT2D eigenvalue weighted by atomic mass is 127. The van der Waals surface area contributed by atoms with Gasteiger partial charge in [-0.2, -0.15) is 0 Å². The fourth-order valence-corrected chi connectivity index (χ4v) is 3.94. The van der Waals surface area contributed by atoms with Crippen molar-refractivity contribution in [2.45, 2.75) is 4.90 Å². The number of nitrogens with one attached hydrogen (secondary N) is 2. The molecule has 3 rings (SSSR count). The van der Waals surface area contributed by atoms with Crippen LogP contribution in [0.2, 0.25) is 5.02 Å². The van der Waals surface area contributed by atoms with Crippen molar-refractivity contribution >= 4 is 60.8 Å². The van der Waals surface area contributed by atoms with E-state index in [1.54, 1.807) is 24.3 Å². The van der Waals surface area contributed by atoms with Crippen LogP contribution < -0.4 is 4.72 Å². The summed E-state index contributed by atoms with van der Waals surface area (Å²) in [7, 11) is -3.91. The molecule has 4 nitrogen and oxygen atoms in total. The molecule has 0 bridgehead atoms. The lowest BCUT2D eigenvalue weighted by atomic mass is 10.2. The van der Waals surface area contributed by atoms with E-state index < -0.39 is 15.8 Å². The number of hydrogen-bond donors (Lipinski definition) is 2. The van der Waals surface area contributed by atoms with Crippen LogP contribution in [-0.4, -0.2) is 13.4 Å². The molecule has 114 valence electrons. The number of aromatic nitrogens is 1. The Morgan fingerprint density at radius 2 is 1.95 bits per heavy atom. The second kappa shape index (κ2) is 5.71. The zero-order valence-corrected chi connectivity index (χ0v) is 14.6. The number of fused-ring (bicyclic) bond motifs is 1. The van der Waals surface area contributed by atoms with Crippen LogP contribution in [0, 0.1) is 9.39 Å². The van der Waals surface area contributed by atoms with Crippen LogP contribution in [0.4, 0.5) is 10.1 Å². The lowest BCUT2D eigenvalue weighted by Crippen LogP contribution is -2.13. The smallest absolute Gasteiger partial charge is 0.264 e. The highest BCUT2D eigenvalue weighted by Crippen LogP contribution is 2.28. The Labute approximate surface area is 144 Å². The summed E-state index contributed by atoms with van der Waals surface area (Å²) >= 11 is 7.82. The summed E-state index contributed by atoms with van der Waals surface area (Å²) in [5.41, 5.74) is 0.500. The molecule has 8 heteroatoms. The van der Waals surface area contributed by atoms with Crippen LogP contribution in [-0.2, 0) is 10.0 Å². The molecule has 3 aromatic rings. The number of anilines is 1. The van der Waals surface area contributed by atoms with Crippen LogP contribution in [0.15, 0.2) is 47.5 Å². The van der Waals surface area contributed by atoms with Crippen molar-refractivity contribution in [3.63, 3.8) is 0 Å². The molecule has 1 aromatic heterocycles. The summed E-state index contributed by atoms with van der Waals surface area (Å²) in [6.07, 6.45) is 1.36. The van der Waals surface area contributed by atoms with Gasteiger partial charge in [-0.25, -0.2) is 12.8 Å². The van der Waals surface area contributed by atoms with Crippen LogP contribution in [0.1, 0.15) is 0 Å². The topological polar surface area (TPSA) is 62.0 Å². The van der Waals surface area contributed by atoms with Crippen molar-refractivity contribution in [1.29, 1.82) is 0 Å². The van der Waals surface area contributed by atoms with Crippen LogP contribution in [0.5, 0.6) is 0 Å². The minimum absolute atomic E-state index is 0.0390. The molecule has 0 spiro atoms. The van der Waals surface area contributed by atoms with E-state index in [9.17, 15) is 12.8 Å². The Morgan fingerprint density at radius 1 is 1.18 bits per heavy atom. The summed E-state index contributed by atoms with van der Waals surface area (Å²) in [6.45, 7) is 0. The third-order valence-electron chi connectivity index (χ3n) is 3.07. The van der Waals surface area contributed by atoms with E-state index >= 15 is 0 Å². The van der Waals surface area contributed by atoms with Gasteiger partial charge in [0.05, 0.1) is 5.69 Å². The number of aromatic amines is 1. The maximum Gasteiger partial charge on any atom is 0.264 e. The first-order valence-electron chi connectivity index (χ1n) is 6.11. The largest absolute Gasteiger partial charge is 0.360 e. The van der Waals surface area contributed by atoms with Gasteiger partial charge < -0.3 is 4.98 Å². The number of hydrogen-bond acceptors (Lipinski definition) is 2. The highest BCUT2D eigenvalue weighted by molar-refractivity contribution is 14.1. The molecule has 0 aliphatic heterocycles. The van der Waals surface area contributed by atoms with Crippen molar-refractivity contribution in [2.75, 3.05) is 4.72 Å². The van der Waals surface area contributed by atoms with E-state index in [0.29, 0.717) is 19.5 Å². The summed E-state index contributed by atoms with van der Waals surface area (Å²) in [4.78, 5) is 2.89. The molecule has 0 saturated heterocycles. The molecular weight excluding hydrogens is 442 g/mol. The molecule has 1 heterocycles. The quantitative estimate of drug-likeness (QED) is 0.582. The van der Waals surface area contributed by atoms with Gasteiger partial charge in [0, 0.05) is 25.7 Å². The van der Waals surface area contributed by atoms with E-state index in [1.807, 2.05) is 22.6 Å². The van der Waals surface area contributed by atoms with Crippen molar-refractivity contribution in [1.82, 2.24) is 4.98 Å². The SMILES string of the molecule is O=S(=O)(Nc1ccc(I)cc1F)c1c[nH]c2cc(Cl)ccc12. The van der Waals surface area contributed by atoms with Gasteiger partial charge in [-0.1, -0.05) is 11.6 Å². The Bertz CT molecular complexity index is 972. The molecule has 0 fully saturated rings. The van der Waals surface area contributed by atoms with E-state index in [-0.39, 0.29) is 10.6 Å². The molecule has 2 N–H and O–H groups in total. The van der Waals surface area contributed by atoms with Gasteiger partial charge in [0.2, 0.25) is 0 Å². The maximum atomic E-state index is 13.8. The lowest BCUT2D eigenvalue weighted by Gasteiger charge is -2.08. The molecule has 0 unspecified atom stereocenters. The van der Waals surface area contributed by atoms with Crippen molar-refractivity contribution in [3.05, 3.63) is 57.0 Å². The molecule has 0 saturated carbocycles. The van der Waals surface area contributed by atoms with Crippen molar-refractivity contribution in [3.8, 4) is 0 Å². The van der Waals surface area contributed by atoms with Gasteiger partial charge in [-0.05, 0) is 59.0 Å². The highest BCUT2D eigenvalue weighted by Gasteiger charge is 2.20. The van der Waals surface area contributed by atoms with Gasteiger partial charge in [-0.15, -0.1) is 0 Å². The standard InChI is InChI=1S/C14H9ClFIN2O2S/c15-8-1-3-10-13(5-8)18-7-14(10)22(20,21)19-12-4-2-9(17)6-11(12)16/h1-7,18-19H. The molecule has 0 amide bonds. The third kappa shape index (κ3) is 2.92. The van der Waals surface area contributed by atoms with Gasteiger partial charge in [-0.3, -0.25) is 4.72 Å². The Hall–Kier alpha value is -1.32. The van der Waals surface area contributed by atoms with E-state index in [0.717, 1.165) is 0 Å². The predicted molar refractivity (Wildman–Crippen MR) is 93.2 cm³/mol. The Morgan fingerprint density at radius 3 is 2.68 bits per heavy atom. The molecule has 0 aliphatic rings. The zero-order valence-electron chi connectivity index (χ0n) is 10.9. The van der Waals surface area contributed by atoms with Gasteiger partial charge in [0.1, 0.15) is 10.7 Å². The fourth-order valence-electron chi connectivity index (χ4n) is 2.07. The number of sulfonamides is 1. The van der Waals surface area contributed by atoms with Crippen molar-refractivity contribution in [2.24, 2.45) is 0 Å². The number of halogens is 3. The van der Waals surface area contributed by atoms with Gasteiger partial charge in [0.25, 0.3) is 10.0 Å². The minimum Gasteiger partial charge on any atom is -0.360 e. The van der Waals surface area contributed by atoms with E-state index in [4.69, 9.17) is 11.6 Å². The fraction of sp³-hybridized carbons (Fsp3) is 0. The third-order valence-corrected chi connectivity index (χ3v) is 5.38. The Balaban J connectivity index is 2.05. The van der Waals surface area contributed by atoms with Gasteiger partial charge >= 0.3 is 0 Å². The first-order valence-corrected chi connectivity index (χ1v) is 9.05. The zero-order chi connectivity index (χ0) is 15.9. The number of benzene rings is 2. The summed E-state index contributed by atoms with van der Waals surface area (Å²) in [6, 6.07) is 9.10. The molecule has 0 atom stereocenters. The molecule has 2 aromatic carbocycles. The van der Waals surface area contributed by atoms with Crippen LogP contribution in [0.25, 0.3) is 10.9 Å². The predicted octanol–water partition coefficient (Wildman–Crippen LogP) is 4.37. The van der Waals surface area contributed by atoms with Crippen LogP contribution >= 0.6 is 34.2 Å². The minimum atomic E-state index is -3.91. The molecule has 0 radical (unpaired) electrons. The number of H-pyrrole nitrogens is 1. The Kier molecular flexibility index (Phi) is 4.04. The second-order valence-electron chi connectivity index (χ2n) is 4.57. The van der Waals surface area contributed by atoms with E-state index in [2.05, 4.69) is 9.71 Å². The average molecular weight is 451 g/mol. The van der Waals surface area contributed by atoms with Crippen molar-refractivity contribution < 1.29 is 12.8 Å².